The van der Waals surface area contributed by atoms with Crippen molar-refractivity contribution in [3.63, 3.8) is 0 Å². The number of nitrogens with zero attached hydrogens (tertiary/aromatic N) is 1. The van der Waals surface area contributed by atoms with Crippen LogP contribution in [0.3, 0.4) is 0 Å². The quantitative estimate of drug-likeness (QED) is 0.876. The molecule has 2 fully saturated rings. The highest BCUT2D eigenvalue weighted by Gasteiger charge is 2.32. The summed E-state index contributed by atoms with van der Waals surface area (Å²) < 4.78 is 0. The van der Waals surface area contributed by atoms with Gasteiger partial charge in [-0.05, 0) is 37.3 Å². The molecule has 2 unspecified atom stereocenters. The highest BCUT2D eigenvalue weighted by molar-refractivity contribution is 6.31. The van der Waals surface area contributed by atoms with E-state index < -0.39 is 0 Å². The number of hydrogen-bond donors (Lipinski definition) is 2. The van der Waals surface area contributed by atoms with Crippen LogP contribution in [-0.2, 0) is 6.54 Å². The molecule has 0 bridgehead atoms. The van der Waals surface area contributed by atoms with Gasteiger partial charge in [0, 0.05) is 35.4 Å². The van der Waals surface area contributed by atoms with Gasteiger partial charge in [-0.2, -0.15) is 0 Å². The van der Waals surface area contributed by atoms with Gasteiger partial charge in [-0.1, -0.05) is 24.6 Å². The van der Waals surface area contributed by atoms with Gasteiger partial charge < -0.3 is 15.3 Å². The zero-order valence-corrected chi connectivity index (χ0v) is 12.7. The fourth-order valence-corrected chi connectivity index (χ4v) is 3.35. The molecule has 1 saturated heterocycles. The van der Waals surface area contributed by atoms with Crippen molar-refractivity contribution in [2.24, 2.45) is 5.92 Å². The topological polar surface area (TPSA) is 35.5 Å². The molecule has 4 heteroatoms. The van der Waals surface area contributed by atoms with E-state index in [1.807, 2.05) is 12.1 Å². The van der Waals surface area contributed by atoms with Gasteiger partial charge in [0.15, 0.2) is 0 Å². The molecule has 0 aromatic heterocycles. The fourth-order valence-electron chi connectivity index (χ4n) is 3.11. The van der Waals surface area contributed by atoms with E-state index in [-0.39, 0.29) is 12.6 Å². The number of halogens is 1. The molecule has 110 valence electrons. The van der Waals surface area contributed by atoms with Crippen molar-refractivity contribution in [1.82, 2.24) is 5.32 Å². The van der Waals surface area contributed by atoms with Crippen molar-refractivity contribution in [3.8, 4) is 0 Å². The second-order valence-electron chi connectivity index (χ2n) is 6.10. The zero-order chi connectivity index (χ0) is 14.1. The lowest BCUT2D eigenvalue weighted by Gasteiger charge is -2.30. The molecular weight excluding hydrogens is 272 g/mol. The fraction of sp³-hybridized carbons (Fsp3) is 0.625. The van der Waals surface area contributed by atoms with Gasteiger partial charge in [0.25, 0.3) is 0 Å². The van der Waals surface area contributed by atoms with E-state index >= 15 is 0 Å². The van der Waals surface area contributed by atoms with Gasteiger partial charge in [-0.15, -0.1) is 0 Å². The minimum atomic E-state index is 0.211. The van der Waals surface area contributed by atoms with E-state index in [0.717, 1.165) is 24.5 Å². The minimum Gasteiger partial charge on any atom is -0.394 e. The Kier molecular flexibility index (Phi) is 4.20. The number of benzene rings is 1. The van der Waals surface area contributed by atoms with Crippen molar-refractivity contribution < 1.29 is 5.11 Å². The monoisotopic (exact) mass is 294 g/mol. The Morgan fingerprint density at radius 3 is 2.85 bits per heavy atom. The summed E-state index contributed by atoms with van der Waals surface area (Å²) in [5.41, 5.74) is 2.36. The van der Waals surface area contributed by atoms with Crippen LogP contribution < -0.4 is 10.2 Å². The zero-order valence-electron chi connectivity index (χ0n) is 12.0. The second-order valence-corrected chi connectivity index (χ2v) is 6.51. The standard InChI is InChI=1S/C16H23ClN2O/c1-11-7-8-19(16(11)10-20)15-4-2-3-14(17)13(15)9-18-12-5-6-12/h2-4,11-12,16,18,20H,5-10H2,1H3. The van der Waals surface area contributed by atoms with Gasteiger partial charge in [0.2, 0.25) is 0 Å². The summed E-state index contributed by atoms with van der Waals surface area (Å²) in [6.07, 6.45) is 3.69. The number of aliphatic hydroxyl groups excluding tert-OH is 1. The molecule has 1 aliphatic heterocycles. The number of nitrogens with one attached hydrogen (secondary N) is 1. The maximum Gasteiger partial charge on any atom is 0.0637 e. The molecule has 2 atom stereocenters. The molecule has 1 aromatic rings. The predicted octanol–water partition coefficient (Wildman–Crippen LogP) is 2.80. The largest absolute Gasteiger partial charge is 0.394 e. The minimum absolute atomic E-state index is 0.211. The molecular formula is C16H23ClN2O. The highest BCUT2D eigenvalue weighted by Crippen LogP contribution is 2.35. The summed E-state index contributed by atoms with van der Waals surface area (Å²) in [7, 11) is 0. The van der Waals surface area contributed by atoms with Gasteiger partial charge in [0.1, 0.15) is 0 Å². The molecule has 1 aromatic carbocycles. The molecule has 1 aliphatic carbocycles. The Labute approximate surface area is 125 Å². The molecule has 0 amide bonds. The summed E-state index contributed by atoms with van der Waals surface area (Å²) in [5.74, 6) is 0.531. The first kappa shape index (κ1) is 14.2. The summed E-state index contributed by atoms with van der Waals surface area (Å²) >= 11 is 6.41. The van der Waals surface area contributed by atoms with Gasteiger partial charge in [-0.25, -0.2) is 0 Å². The van der Waals surface area contributed by atoms with Crippen LogP contribution >= 0.6 is 11.6 Å². The van der Waals surface area contributed by atoms with Crippen LogP contribution in [0.25, 0.3) is 0 Å². The van der Waals surface area contributed by atoms with Crippen LogP contribution in [0, 0.1) is 5.92 Å². The third-order valence-corrected chi connectivity index (χ3v) is 4.97. The van der Waals surface area contributed by atoms with E-state index in [9.17, 15) is 5.11 Å². The molecule has 1 saturated carbocycles. The SMILES string of the molecule is CC1CCN(c2cccc(Cl)c2CNC2CC2)C1CO. The van der Waals surface area contributed by atoms with Crippen LogP contribution in [0.4, 0.5) is 5.69 Å². The third-order valence-electron chi connectivity index (χ3n) is 4.62. The lowest BCUT2D eigenvalue weighted by molar-refractivity contribution is 0.244. The van der Waals surface area contributed by atoms with Crippen LogP contribution in [0.5, 0.6) is 0 Å². The average molecular weight is 295 g/mol. The molecule has 0 spiro atoms. The van der Waals surface area contributed by atoms with Crippen molar-refractivity contribution in [2.45, 2.75) is 44.8 Å². The third kappa shape index (κ3) is 2.80. The molecule has 0 radical (unpaired) electrons. The first-order chi connectivity index (χ1) is 9.70. The van der Waals surface area contributed by atoms with Gasteiger partial charge >= 0.3 is 0 Å². The molecule has 20 heavy (non-hydrogen) atoms. The van der Waals surface area contributed by atoms with Crippen molar-refractivity contribution in [1.29, 1.82) is 0 Å². The number of rotatable bonds is 5. The van der Waals surface area contributed by atoms with Gasteiger partial charge in [0.05, 0.1) is 12.6 Å². The normalized spacial score (nSPS) is 26.2. The maximum absolute atomic E-state index is 9.67. The number of aliphatic hydroxyl groups is 1. The molecule has 3 nitrogen and oxygen atoms in total. The lowest BCUT2D eigenvalue weighted by atomic mass is 10.0. The van der Waals surface area contributed by atoms with E-state index in [0.29, 0.717) is 12.0 Å². The van der Waals surface area contributed by atoms with Crippen molar-refractivity contribution in [2.75, 3.05) is 18.1 Å². The predicted molar refractivity (Wildman–Crippen MR) is 83.3 cm³/mol. The first-order valence-corrected chi connectivity index (χ1v) is 7.96. The Morgan fingerprint density at radius 1 is 1.35 bits per heavy atom. The van der Waals surface area contributed by atoms with E-state index in [2.05, 4.69) is 23.2 Å². The summed E-state index contributed by atoms with van der Waals surface area (Å²) in [5, 5.41) is 14.0. The first-order valence-electron chi connectivity index (χ1n) is 7.59. The molecule has 2 aliphatic rings. The second kappa shape index (κ2) is 5.92. The Balaban J connectivity index is 1.85. The van der Waals surface area contributed by atoms with Gasteiger partial charge in [-0.3, -0.25) is 0 Å². The van der Waals surface area contributed by atoms with Crippen LogP contribution in [0.2, 0.25) is 5.02 Å². The number of hydrogen-bond acceptors (Lipinski definition) is 3. The highest BCUT2D eigenvalue weighted by atomic mass is 35.5. The average Bonchev–Trinajstić information content (AvgIpc) is 3.19. The summed E-state index contributed by atoms with van der Waals surface area (Å²) in [6.45, 7) is 4.25. The molecule has 3 rings (SSSR count). The Morgan fingerprint density at radius 2 is 2.15 bits per heavy atom. The van der Waals surface area contributed by atoms with Crippen LogP contribution in [0.1, 0.15) is 31.7 Å². The maximum atomic E-state index is 9.67. The smallest absolute Gasteiger partial charge is 0.0637 e. The van der Waals surface area contributed by atoms with E-state index in [1.54, 1.807) is 0 Å². The van der Waals surface area contributed by atoms with E-state index in [4.69, 9.17) is 11.6 Å². The van der Waals surface area contributed by atoms with Crippen molar-refractivity contribution in [3.05, 3.63) is 28.8 Å². The van der Waals surface area contributed by atoms with E-state index in [1.165, 1.54) is 24.1 Å². The molecule has 2 N–H and O–H groups in total. The molecule has 1 heterocycles. The Bertz CT molecular complexity index is 476. The number of anilines is 1. The van der Waals surface area contributed by atoms with Crippen LogP contribution in [-0.4, -0.2) is 30.3 Å². The summed E-state index contributed by atoms with van der Waals surface area (Å²) in [6, 6.07) is 6.99. The Hall–Kier alpha value is -0.770. The van der Waals surface area contributed by atoms with Crippen molar-refractivity contribution >= 4 is 17.3 Å². The van der Waals surface area contributed by atoms with Crippen LogP contribution in [0.15, 0.2) is 18.2 Å². The lowest BCUT2D eigenvalue weighted by Crippen LogP contribution is -2.36. The summed E-state index contributed by atoms with van der Waals surface area (Å²) in [4.78, 5) is 2.33.